The Morgan fingerprint density at radius 2 is 2.31 bits per heavy atom. The summed E-state index contributed by atoms with van der Waals surface area (Å²) in [4.78, 5) is 3.96. The minimum Gasteiger partial charge on any atom is -0.378 e. The Morgan fingerprint density at radius 3 is 2.85 bits per heavy atom. The number of hydrogen-bond acceptors (Lipinski definition) is 3. The van der Waals surface area contributed by atoms with Crippen molar-refractivity contribution in [2.45, 2.75) is 32.9 Å². The number of hydrogen-bond donors (Lipinski definition) is 1. The summed E-state index contributed by atoms with van der Waals surface area (Å²) in [5.41, 5.74) is -0.982. The lowest BCUT2D eigenvalue weighted by Crippen LogP contribution is -2.15. The Bertz CT molecular complexity index is 338. The van der Waals surface area contributed by atoms with Crippen molar-refractivity contribution in [3.05, 3.63) is 12.2 Å². The summed E-state index contributed by atoms with van der Waals surface area (Å²) < 4.78 is 1.68. The minimum absolute atomic E-state index is 0.588. The van der Waals surface area contributed by atoms with E-state index in [2.05, 4.69) is 21.9 Å². The fraction of sp³-hybridized carbons (Fsp3) is 0.556. The van der Waals surface area contributed by atoms with Crippen LogP contribution in [0.3, 0.4) is 0 Å². The van der Waals surface area contributed by atoms with E-state index in [1.54, 1.807) is 18.5 Å². The second-order valence-electron chi connectivity index (χ2n) is 3.21. The Hall–Kier alpha value is -1.34. The van der Waals surface area contributed by atoms with Gasteiger partial charge in [0.2, 0.25) is 5.82 Å². The lowest BCUT2D eigenvalue weighted by atomic mass is 10.1. The van der Waals surface area contributed by atoms with Crippen molar-refractivity contribution in [1.82, 2.24) is 14.8 Å². The first-order chi connectivity index (χ1) is 6.03. The maximum atomic E-state index is 9.35. The summed E-state index contributed by atoms with van der Waals surface area (Å²) in [6, 6.07) is 0. The first kappa shape index (κ1) is 9.75. The van der Waals surface area contributed by atoms with Gasteiger partial charge in [-0.15, -0.1) is 0 Å². The largest absolute Gasteiger partial charge is 0.378 e. The van der Waals surface area contributed by atoms with Gasteiger partial charge in [-0.05, 0) is 26.7 Å². The molecule has 0 fully saturated rings. The summed E-state index contributed by atoms with van der Waals surface area (Å²) >= 11 is 0. The van der Waals surface area contributed by atoms with Crippen molar-refractivity contribution in [2.75, 3.05) is 0 Å². The first-order valence-electron chi connectivity index (χ1n) is 4.16. The second-order valence-corrected chi connectivity index (χ2v) is 3.21. The van der Waals surface area contributed by atoms with E-state index in [0.717, 1.165) is 6.54 Å². The van der Waals surface area contributed by atoms with Crippen LogP contribution in [-0.2, 0) is 6.54 Å². The quantitative estimate of drug-likeness (QED) is 0.636. The number of aliphatic hydroxyl groups is 1. The molecule has 0 aliphatic heterocycles. The molecule has 0 aromatic carbocycles. The van der Waals surface area contributed by atoms with Crippen molar-refractivity contribution < 1.29 is 5.11 Å². The zero-order valence-corrected chi connectivity index (χ0v) is 8.07. The van der Waals surface area contributed by atoms with Gasteiger partial charge < -0.3 is 5.11 Å². The van der Waals surface area contributed by atoms with Crippen LogP contribution in [-0.4, -0.2) is 25.5 Å². The predicted octanol–water partition coefficient (Wildman–Crippen LogP) is 0.420. The molecule has 0 unspecified atom stereocenters. The highest BCUT2D eigenvalue weighted by Crippen LogP contribution is 1.98. The van der Waals surface area contributed by atoms with E-state index in [9.17, 15) is 5.11 Å². The van der Waals surface area contributed by atoms with Crippen LogP contribution < -0.4 is 0 Å². The maximum Gasteiger partial charge on any atom is 0.203 e. The average Bonchev–Trinajstić information content (AvgIpc) is 2.46. The molecule has 70 valence electrons. The molecule has 4 nitrogen and oxygen atoms in total. The van der Waals surface area contributed by atoms with Crippen molar-refractivity contribution in [1.29, 1.82) is 0 Å². The SMILES string of the molecule is CCn1ncnc1C#CC(C)(C)O. The van der Waals surface area contributed by atoms with E-state index in [-0.39, 0.29) is 0 Å². The number of aryl methyl sites for hydroxylation is 1. The van der Waals surface area contributed by atoms with Gasteiger partial charge in [0.1, 0.15) is 11.9 Å². The van der Waals surface area contributed by atoms with Gasteiger partial charge >= 0.3 is 0 Å². The van der Waals surface area contributed by atoms with Gasteiger partial charge in [0.15, 0.2) is 0 Å². The average molecular weight is 179 g/mol. The van der Waals surface area contributed by atoms with E-state index < -0.39 is 5.60 Å². The highest BCUT2D eigenvalue weighted by atomic mass is 16.3. The highest BCUT2D eigenvalue weighted by molar-refractivity contribution is 5.24. The van der Waals surface area contributed by atoms with E-state index >= 15 is 0 Å². The molecule has 0 amide bonds. The van der Waals surface area contributed by atoms with Gasteiger partial charge in [-0.2, -0.15) is 5.10 Å². The van der Waals surface area contributed by atoms with Gasteiger partial charge in [0.25, 0.3) is 0 Å². The van der Waals surface area contributed by atoms with Crippen molar-refractivity contribution >= 4 is 0 Å². The molecule has 0 aliphatic rings. The van der Waals surface area contributed by atoms with Crippen molar-refractivity contribution in [2.24, 2.45) is 0 Å². The van der Waals surface area contributed by atoms with Crippen LogP contribution in [0.2, 0.25) is 0 Å². The molecule has 1 aromatic rings. The van der Waals surface area contributed by atoms with E-state index in [0.29, 0.717) is 5.82 Å². The van der Waals surface area contributed by atoms with Crippen LogP contribution >= 0.6 is 0 Å². The molecule has 1 heterocycles. The lowest BCUT2D eigenvalue weighted by molar-refractivity contribution is 0.143. The van der Waals surface area contributed by atoms with E-state index in [1.807, 2.05) is 6.92 Å². The highest BCUT2D eigenvalue weighted by Gasteiger charge is 2.06. The third-order valence-corrected chi connectivity index (χ3v) is 1.40. The Balaban J connectivity index is 2.89. The smallest absolute Gasteiger partial charge is 0.203 e. The molecule has 13 heavy (non-hydrogen) atoms. The van der Waals surface area contributed by atoms with Crippen LogP contribution in [0.15, 0.2) is 6.33 Å². The third kappa shape index (κ3) is 2.88. The molecule has 1 aromatic heterocycles. The summed E-state index contributed by atoms with van der Waals surface area (Å²) in [6.07, 6.45) is 1.46. The van der Waals surface area contributed by atoms with Gasteiger partial charge in [-0.3, -0.25) is 0 Å². The molecule has 1 N–H and O–H groups in total. The standard InChI is InChI=1S/C9H13N3O/c1-4-12-8(10-7-11-12)5-6-9(2,3)13/h7,13H,4H2,1-3H3. The molecule has 0 saturated heterocycles. The van der Waals surface area contributed by atoms with Gasteiger partial charge in [0.05, 0.1) is 0 Å². The van der Waals surface area contributed by atoms with Crippen molar-refractivity contribution in [3.63, 3.8) is 0 Å². The van der Waals surface area contributed by atoms with Crippen molar-refractivity contribution in [3.8, 4) is 11.8 Å². The van der Waals surface area contributed by atoms with Crippen LogP contribution in [0.25, 0.3) is 0 Å². The zero-order valence-electron chi connectivity index (χ0n) is 8.07. The number of aromatic nitrogens is 3. The third-order valence-electron chi connectivity index (χ3n) is 1.40. The second kappa shape index (κ2) is 3.58. The fourth-order valence-corrected chi connectivity index (χ4v) is 0.801. The molecular weight excluding hydrogens is 166 g/mol. The molecule has 0 aliphatic carbocycles. The van der Waals surface area contributed by atoms with E-state index in [1.165, 1.54) is 6.33 Å². The summed E-state index contributed by atoms with van der Waals surface area (Å²) in [5.74, 6) is 6.04. The van der Waals surface area contributed by atoms with Crippen LogP contribution in [0, 0.1) is 11.8 Å². The molecule has 0 spiro atoms. The summed E-state index contributed by atoms with van der Waals surface area (Å²) in [6.45, 7) is 5.96. The molecular formula is C9H13N3O. The molecule has 0 atom stereocenters. The Morgan fingerprint density at radius 1 is 1.62 bits per heavy atom. The maximum absolute atomic E-state index is 9.35. The Labute approximate surface area is 77.6 Å². The normalized spacial score (nSPS) is 10.8. The summed E-state index contributed by atoms with van der Waals surface area (Å²) in [5, 5.41) is 13.3. The molecule has 0 bridgehead atoms. The minimum atomic E-state index is -0.982. The molecule has 0 saturated carbocycles. The number of nitrogens with zero attached hydrogens (tertiary/aromatic N) is 3. The molecule has 4 heteroatoms. The Kier molecular flexibility index (Phi) is 2.69. The molecule has 1 rings (SSSR count). The predicted molar refractivity (Wildman–Crippen MR) is 48.9 cm³/mol. The lowest BCUT2D eigenvalue weighted by Gasteiger charge is -2.05. The fourth-order valence-electron chi connectivity index (χ4n) is 0.801. The van der Waals surface area contributed by atoms with Gasteiger partial charge in [-0.25, -0.2) is 9.67 Å². The van der Waals surface area contributed by atoms with E-state index in [4.69, 9.17) is 0 Å². The van der Waals surface area contributed by atoms with Gasteiger partial charge in [0, 0.05) is 6.54 Å². The van der Waals surface area contributed by atoms with Gasteiger partial charge in [-0.1, -0.05) is 5.92 Å². The monoisotopic (exact) mass is 179 g/mol. The number of rotatable bonds is 1. The first-order valence-corrected chi connectivity index (χ1v) is 4.16. The topological polar surface area (TPSA) is 50.9 Å². The molecule has 0 radical (unpaired) electrons. The van der Waals surface area contributed by atoms with Crippen LogP contribution in [0.4, 0.5) is 0 Å². The zero-order chi connectivity index (χ0) is 9.90. The summed E-state index contributed by atoms with van der Waals surface area (Å²) in [7, 11) is 0. The van der Waals surface area contributed by atoms with Crippen LogP contribution in [0.5, 0.6) is 0 Å². The van der Waals surface area contributed by atoms with Crippen LogP contribution in [0.1, 0.15) is 26.6 Å².